The van der Waals surface area contributed by atoms with Gasteiger partial charge in [-0.15, -0.1) is 0 Å². The summed E-state index contributed by atoms with van der Waals surface area (Å²) < 4.78 is 0. The van der Waals surface area contributed by atoms with E-state index in [1.54, 1.807) is 0 Å². The molecule has 0 aliphatic heterocycles. The smallest absolute Gasteiger partial charge is 0.333 e. The van der Waals surface area contributed by atoms with Gasteiger partial charge < -0.3 is 25.5 Å². The summed E-state index contributed by atoms with van der Waals surface area (Å²) >= 11 is 0. The Kier molecular flexibility index (Phi) is 10.1. The van der Waals surface area contributed by atoms with Crippen LogP contribution in [0.15, 0.2) is 0 Å². The van der Waals surface area contributed by atoms with Gasteiger partial charge in [-0.2, -0.15) is 0 Å². The molecular formula is C9H14O9. The maximum Gasteiger partial charge on any atom is 0.333 e. The van der Waals surface area contributed by atoms with Crippen LogP contribution in [0.5, 0.6) is 0 Å². The Morgan fingerprint density at radius 1 is 0.778 bits per heavy atom. The first-order valence-corrected chi connectivity index (χ1v) is 4.73. The lowest BCUT2D eigenvalue weighted by Crippen LogP contribution is -2.22. The van der Waals surface area contributed by atoms with Crippen LogP contribution < -0.4 is 0 Å². The zero-order valence-electron chi connectivity index (χ0n) is 9.27. The number of aliphatic hydroxyl groups excluding tert-OH is 1. The minimum atomic E-state index is -1.79. The number of hydrogen-bond donors (Lipinski definition) is 5. The van der Waals surface area contributed by atoms with E-state index in [4.69, 9.17) is 25.5 Å². The molecule has 9 nitrogen and oxygen atoms in total. The highest BCUT2D eigenvalue weighted by molar-refractivity contribution is 5.79. The Morgan fingerprint density at radius 3 is 1.33 bits per heavy atom. The summed E-state index contributed by atoms with van der Waals surface area (Å²) in [6.07, 6.45) is -2.46. The van der Waals surface area contributed by atoms with Crippen molar-refractivity contribution in [2.24, 2.45) is 0 Å². The molecule has 0 rings (SSSR count). The second-order valence-electron chi connectivity index (χ2n) is 3.09. The van der Waals surface area contributed by atoms with Gasteiger partial charge in [-0.25, -0.2) is 4.79 Å². The summed E-state index contributed by atoms with van der Waals surface area (Å²) in [5, 5.41) is 40.2. The Hall–Kier alpha value is -2.16. The van der Waals surface area contributed by atoms with Gasteiger partial charge in [0.15, 0.2) is 6.10 Å². The molecule has 18 heavy (non-hydrogen) atoms. The third-order valence-corrected chi connectivity index (χ3v) is 1.43. The van der Waals surface area contributed by atoms with Crippen molar-refractivity contribution in [1.82, 2.24) is 0 Å². The van der Waals surface area contributed by atoms with Gasteiger partial charge in [0.2, 0.25) is 0 Å². The van der Waals surface area contributed by atoms with Gasteiger partial charge in [0.25, 0.3) is 0 Å². The molecule has 1 unspecified atom stereocenters. The largest absolute Gasteiger partial charge is 0.481 e. The molecule has 9 heteroatoms. The minimum absolute atomic E-state index is 0.0632. The Balaban J connectivity index is 0. The van der Waals surface area contributed by atoms with Crippen molar-refractivity contribution in [1.29, 1.82) is 0 Å². The molecule has 5 N–H and O–H groups in total. The summed E-state index contributed by atoms with van der Waals surface area (Å²) in [6.45, 7) is 0. The Morgan fingerprint density at radius 2 is 1.17 bits per heavy atom. The van der Waals surface area contributed by atoms with Gasteiger partial charge in [0.05, 0.1) is 6.42 Å². The van der Waals surface area contributed by atoms with Crippen LogP contribution in [0.2, 0.25) is 0 Å². The maximum atomic E-state index is 9.79. The summed E-state index contributed by atoms with van der Waals surface area (Å²) in [6, 6.07) is 0. The lowest BCUT2D eigenvalue weighted by atomic mass is 10.2. The highest BCUT2D eigenvalue weighted by atomic mass is 16.4. The molecule has 1 atom stereocenters. The van der Waals surface area contributed by atoms with E-state index in [-0.39, 0.29) is 19.3 Å². The Labute approximate surface area is 101 Å². The molecule has 0 radical (unpaired) electrons. The van der Waals surface area contributed by atoms with E-state index in [1.165, 1.54) is 0 Å². The molecule has 0 amide bonds. The van der Waals surface area contributed by atoms with Crippen LogP contribution in [0, 0.1) is 0 Å². The monoisotopic (exact) mass is 266 g/mol. The molecule has 0 aliphatic carbocycles. The molecule has 0 aliphatic rings. The summed E-state index contributed by atoms with van der Waals surface area (Å²) in [7, 11) is 0. The van der Waals surface area contributed by atoms with Gasteiger partial charge in [-0.1, -0.05) is 0 Å². The fourth-order valence-electron chi connectivity index (χ4n) is 0.644. The van der Waals surface area contributed by atoms with E-state index in [9.17, 15) is 19.2 Å². The average molecular weight is 266 g/mol. The van der Waals surface area contributed by atoms with E-state index in [1.807, 2.05) is 0 Å². The first-order chi connectivity index (χ1) is 8.16. The van der Waals surface area contributed by atoms with Crippen molar-refractivity contribution in [3.63, 3.8) is 0 Å². The van der Waals surface area contributed by atoms with E-state index < -0.39 is 36.4 Å². The number of carbonyl (C=O) groups is 4. The van der Waals surface area contributed by atoms with Gasteiger partial charge in [0, 0.05) is 12.8 Å². The fraction of sp³-hybridized carbons (Fsp3) is 0.556. The van der Waals surface area contributed by atoms with E-state index in [0.717, 1.165) is 0 Å². The molecule has 0 heterocycles. The summed E-state index contributed by atoms with van der Waals surface area (Å²) in [5.41, 5.74) is 0. The molecule has 0 aromatic rings. The number of aliphatic hydroxyl groups is 1. The van der Waals surface area contributed by atoms with Crippen LogP contribution in [-0.4, -0.2) is 55.5 Å². The van der Waals surface area contributed by atoms with Gasteiger partial charge in [0.1, 0.15) is 0 Å². The SMILES string of the molecule is O=C(O)CC(O)C(=O)O.O=C(O)CCCC(=O)O. The molecule has 0 saturated heterocycles. The second-order valence-corrected chi connectivity index (χ2v) is 3.09. The maximum absolute atomic E-state index is 9.79. The van der Waals surface area contributed by atoms with Gasteiger partial charge in [-0.05, 0) is 6.42 Å². The van der Waals surface area contributed by atoms with Crippen LogP contribution in [0.1, 0.15) is 25.7 Å². The lowest BCUT2D eigenvalue weighted by Gasteiger charge is -1.97. The van der Waals surface area contributed by atoms with Crippen LogP contribution in [0.25, 0.3) is 0 Å². The number of hydrogen-bond acceptors (Lipinski definition) is 5. The van der Waals surface area contributed by atoms with Gasteiger partial charge in [-0.3, -0.25) is 14.4 Å². The predicted molar refractivity (Wildman–Crippen MR) is 55.0 cm³/mol. The molecule has 0 bridgehead atoms. The molecule has 0 aromatic heterocycles. The highest BCUT2D eigenvalue weighted by Crippen LogP contribution is 1.93. The molecule has 104 valence electrons. The lowest BCUT2D eigenvalue weighted by molar-refractivity contribution is -0.152. The Bertz CT molecular complexity index is 295. The third-order valence-electron chi connectivity index (χ3n) is 1.43. The van der Waals surface area contributed by atoms with Crippen LogP contribution in [-0.2, 0) is 19.2 Å². The van der Waals surface area contributed by atoms with Gasteiger partial charge >= 0.3 is 23.9 Å². The van der Waals surface area contributed by atoms with Crippen molar-refractivity contribution < 1.29 is 44.7 Å². The van der Waals surface area contributed by atoms with Crippen LogP contribution in [0.3, 0.4) is 0 Å². The zero-order chi connectivity index (χ0) is 14.7. The first kappa shape index (κ1) is 18.2. The van der Waals surface area contributed by atoms with Crippen molar-refractivity contribution in [3.05, 3.63) is 0 Å². The van der Waals surface area contributed by atoms with E-state index in [0.29, 0.717) is 0 Å². The predicted octanol–water partition coefficient (Wildman–Crippen LogP) is -0.768. The molecule has 0 aromatic carbocycles. The molecule has 0 fully saturated rings. The number of aliphatic carboxylic acids is 4. The molecule has 0 saturated carbocycles. The summed E-state index contributed by atoms with van der Waals surface area (Å²) in [5.74, 6) is -4.74. The summed E-state index contributed by atoms with van der Waals surface area (Å²) in [4.78, 5) is 39.0. The molecular weight excluding hydrogens is 252 g/mol. The van der Waals surface area contributed by atoms with Crippen LogP contribution >= 0.6 is 0 Å². The zero-order valence-corrected chi connectivity index (χ0v) is 9.27. The molecule has 0 spiro atoms. The fourth-order valence-corrected chi connectivity index (χ4v) is 0.644. The topological polar surface area (TPSA) is 169 Å². The highest BCUT2D eigenvalue weighted by Gasteiger charge is 2.16. The van der Waals surface area contributed by atoms with Crippen molar-refractivity contribution >= 4 is 23.9 Å². The normalized spacial score (nSPS) is 10.7. The van der Waals surface area contributed by atoms with E-state index >= 15 is 0 Å². The average Bonchev–Trinajstić information content (AvgIpc) is 2.15. The number of carboxylic acids is 4. The van der Waals surface area contributed by atoms with Crippen molar-refractivity contribution in [2.75, 3.05) is 0 Å². The minimum Gasteiger partial charge on any atom is -0.481 e. The standard InChI is InChI=1S/C5H8O4.C4H6O5/c6-4(7)2-1-3-5(8)9;5-2(4(8)9)1-3(6)7/h1-3H2,(H,6,7)(H,8,9);2,5H,1H2,(H,6,7)(H,8,9). The second kappa shape index (κ2) is 10.0. The van der Waals surface area contributed by atoms with Crippen molar-refractivity contribution in [3.8, 4) is 0 Å². The third kappa shape index (κ3) is 16.3. The van der Waals surface area contributed by atoms with Crippen molar-refractivity contribution in [2.45, 2.75) is 31.8 Å². The quantitative estimate of drug-likeness (QED) is 0.397. The number of carboxylic acid groups (broad SMARTS) is 4. The first-order valence-electron chi connectivity index (χ1n) is 4.73. The number of rotatable bonds is 7. The van der Waals surface area contributed by atoms with E-state index in [2.05, 4.69) is 0 Å². The van der Waals surface area contributed by atoms with Crippen LogP contribution in [0.4, 0.5) is 0 Å².